The van der Waals surface area contributed by atoms with Crippen LogP contribution >= 0.6 is 0 Å². The molecule has 1 aromatic rings. The summed E-state index contributed by atoms with van der Waals surface area (Å²) in [4.78, 5) is 6.36. The summed E-state index contributed by atoms with van der Waals surface area (Å²) in [6.45, 7) is 5.60. The van der Waals surface area contributed by atoms with Crippen molar-refractivity contribution in [2.24, 2.45) is 4.99 Å². The van der Waals surface area contributed by atoms with E-state index >= 15 is 0 Å². The van der Waals surface area contributed by atoms with Crippen molar-refractivity contribution in [3.63, 3.8) is 0 Å². The topological polar surface area (TPSA) is 48.9 Å². The zero-order valence-corrected chi connectivity index (χ0v) is 15.8. The molecule has 0 bridgehead atoms. The fourth-order valence-electron chi connectivity index (χ4n) is 2.24. The van der Waals surface area contributed by atoms with Crippen LogP contribution in [-0.4, -0.2) is 53.4 Å². The predicted octanol–water partition coefficient (Wildman–Crippen LogP) is 2.67. The largest absolute Gasteiger partial charge is 0.381 e. The molecule has 0 radical (unpaired) electrons. The molecule has 0 spiro atoms. The van der Waals surface area contributed by atoms with E-state index in [1.165, 1.54) is 17.7 Å². The summed E-state index contributed by atoms with van der Waals surface area (Å²) in [5.74, 6) is 0.855. The van der Waals surface area contributed by atoms with E-state index in [0.29, 0.717) is 0 Å². The van der Waals surface area contributed by atoms with E-state index in [2.05, 4.69) is 65.8 Å². The van der Waals surface area contributed by atoms with Crippen molar-refractivity contribution < 1.29 is 4.74 Å². The SMILES string of the molecule is CCCCOCCCNC(=NC)NCCc1ccc(N(C)C)cc1. The van der Waals surface area contributed by atoms with Gasteiger partial charge in [-0.1, -0.05) is 25.5 Å². The van der Waals surface area contributed by atoms with Crippen LogP contribution in [0.2, 0.25) is 0 Å². The van der Waals surface area contributed by atoms with E-state index in [9.17, 15) is 0 Å². The highest BCUT2D eigenvalue weighted by atomic mass is 16.5. The fraction of sp³-hybridized carbons (Fsp3) is 0.632. The lowest BCUT2D eigenvalue weighted by Gasteiger charge is -2.14. The van der Waals surface area contributed by atoms with Gasteiger partial charge in [0.25, 0.3) is 0 Å². The van der Waals surface area contributed by atoms with Crippen molar-refractivity contribution in [1.29, 1.82) is 0 Å². The van der Waals surface area contributed by atoms with Crippen molar-refractivity contribution in [2.75, 3.05) is 52.3 Å². The lowest BCUT2D eigenvalue weighted by atomic mass is 10.1. The van der Waals surface area contributed by atoms with E-state index in [1.807, 2.05) is 0 Å². The maximum absolute atomic E-state index is 5.55. The molecule has 0 aromatic heterocycles. The number of aliphatic imine (C=N–C) groups is 1. The predicted molar refractivity (Wildman–Crippen MR) is 104 cm³/mol. The second kappa shape index (κ2) is 12.6. The Morgan fingerprint density at radius 1 is 1.04 bits per heavy atom. The normalized spacial score (nSPS) is 11.4. The molecule has 0 unspecified atom stereocenters. The molecule has 0 atom stereocenters. The van der Waals surface area contributed by atoms with Gasteiger partial charge in [0, 0.05) is 53.1 Å². The Bertz CT molecular complexity index is 457. The summed E-state index contributed by atoms with van der Waals surface area (Å²) in [7, 11) is 5.92. The lowest BCUT2D eigenvalue weighted by Crippen LogP contribution is -2.39. The fourth-order valence-corrected chi connectivity index (χ4v) is 2.24. The lowest BCUT2D eigenvalue weighted by molar-refractivity contribution is 0.129. The van der Waals surface area contributed by atoms with Crippen molar-refractivity contribution in [3.05, 3.63) is 29.8 Å². The van der Waals surface area contributed by atoms with Crippen LogP contribution in [0.15, 0.2) is 29.3 Å². The highest BCUT2D eigenvalue weighted by Crippen LogP contribution is 2.12. The summed E-state index contributed by atoms with van der Waals surface area (Å²) in [6, 6.07) is 8.67. The molecule has 0 saturated carbocycles. The van der Waals surface area contributed by atoms with Crippen LogP contribution in [0.1, 0.15) is 31.7 Å². The van der Waals surface area contributed by atoms with Crippen LogP contribution in [-0.2, 0) is 11.2 Å². The maximum atomic E-state index is 5.55. The molecule has 0 amide bonds. The van der Waals surface area contributed by atoms with E-state index in [-0.39, 0.29) is 0 Å². The number of ether oxygens (including phenoxy) is 1. The average molecular weight is 335 g/mol. The van der Waals surface area contributed by atoms with Crippen molar-refractivity contribution in [1.82, 2.24) is 10.6 Å². The van der Waals surface area contributed by atoms with Gasteiger partial charge in [0.15, 0.2) is 5.96 Å². The molecule has 0 aliphatic rings. The molecule has 5 heteroatoms. The summed E-state index contributed by atoms with van der Waals surface area (Å²) in [5, 5.41) is 6.68. The number of nitrogens with one attached hydrogen (secondary N) is 2. The minimum absolute atomic E-state index is 0.808. The van der Waals surface area contributed by atoms with Gasteiger partial charge in [-0.05, 0) is 37.0 Å². The van der Waals surface area contributed by atoms with Gasteiger partial charge in [0.05, 0.1) is 0 Å². The van der Waals surface area contributed by atoms with Crippen LogP contribution < -0.4 is 15.5 Å². The number of unbranched alkanes of at least 4 members (excludes halogenated alkanes) is 1. The summed E-state index contributed by atoms with van der Waals surface area (Å²) >= 11 is 0. The quantitative estimate of drug-likeness (QED) is 0.371. The number of rotatable bonds is 11. The Hall–Kier alpha value is -1.75. The van der Waals surface area contributed by atoms with Crippen LogP contribution in [0.25, 0.3) is 0 Å². The molecule has 0 heterocycles. The molecule has 1 aromatic carbocycles. The number of hydrogen-bond donors (Lipinski definition) is 2. The number of guanidine groups is 1. The Balaban J connectivity index is 2.15. The van der Waals surface area contributed by atoms with Crippen LogP contribution in [0.4, 0.5) is 5.69 Å². The van der Waals surface area contributed by atoms with E-state index in [4.69, 9.17) is 4.74 Å². The van der Waals surface area contributed by atoms with Crippen molar-refractivity contribution >= 4 is 11.6 Å². The van der Waals surface area contributed by atoms with Gasteiger partial charge in [0.2, 0.25) is 0 Å². The Morgan fingerprint density at radius 2 is 1.71 bits per heavy atom. The molecule has 0 saturated heterocycles. The molecule has 0 aliphatic carbocycles. The number of nitrogens with zero attached hydrogens (tertiary/aromatic N) is 2. The molecular weight excluding hydrogens is 300 g/mol. The smallest absolute Gasteiger partial charge is 0.190 e. The van der Waals surface area contributed by atoms with Gasteiger partial charge in [-0.25, -0.2) is 0 Å². The van der Waals surface area contributed by atoms with Crippen LogP contribution in [0.3, 0.4) is 0 Å². The van der Waals surface area contributed by atoms with Gasteiger partial charge in [-0.3, -0.25) is 4.99 Å². The minimum Gasteiger partial charge on any atom is -0.381 e. The minimum atomic E-state index is 0.808. The third-order valence-electron chi connectivity index (χ3n) is 3.78. The maximum Gasteiger partial charge on any atom is 0.190 e. The first-order valence-corrected chi connectivity index (χ1v) is 8.96. The molecule has 5 nitrogen and oxygen atoms in total. The number of hydrogen-bond acceptors (Lipinski definition) is 3. The number of benzene rings is 1. The van der Waals surface area contributed by atoms with Gasteiger partial charge >= 0.3 is 0 Å². The monoisotopic (exact) mass is 334 g/mol. The molecule has 0 aliphatic heterocycles. The van der Waals surface area contributed by atoms with Crippen molar-refractivity contribution in [3.8, 4) is 0 Å². The summed E-state index contributed by atoms with van der Waals surface area (Å²) < 4.78 is 5.55. The van der Waals surface area contributed by atoms with Crippen LogP contribution in [0.5, 0.6) is 0 Å². The second-order valence-corrected chi connectivity index (χ2v) is 6.06. The second-order valence-electron chi connectivity index (χ2n) is 6.06. The summed E-state index contributed by atoms with van der Waals surface area (Å²) in [6.07, 6.45) is 4.31. The Kier molecular flexibility index (Phi) is 10.7. The van der Waals surface area contributed by atoms with E-state index < -0.39 is 0 Å². The van der Waals surface area contributed by atoms with Crippen LogP contribution in [0, 0.1) is 0 Å². The molecule has 24 heavy (non-hydrogen) atoms. The standard InChI is InChI=1S/C19H34N4O/c1-5-6-15-24-16-7-13-21-19(20-2)22-14-12-17-8-10-18(11-9-17)23(3)4/h8-11H,5-7,12-16H2,1-4H3,(H2,20,21,22). The van der Waals surface area contributed by atoms with Crippen molar-refractivity contribution in [2.45, 2.75) is 32.6 Å². The summed E-state index contributed by atoms with van der Waals surface area (Å²) in [5.41, 5.74) is 2.55. The third kappa shape index (κ3) is 8.77. The zero-order valence-electron chi connectivity index (χ0n) is 15.8. The Labute approximate surface area is 147 Å². The van der Waals surface area contributed by atoms with Gasteiger partial charge < -0.3 is 20.3 Å². The van der Waals surface area contributed by atoms with Gasteiger partial charge in [-0.15, -0.1) is 0 Å². The highest BCUT2D eigenvalue weighted by molar-refractivity contribution is 5.79. The zero-order chi connectivity index (χ0) is 17.6. The van der Waals surface area contributed by atoms with E-state index in [1.54, 1.807) is 7.05 Å². The number of anilines is 1. The average Bonchev–Trinajstić information content (AvgIpc) is 2.59. The first-order chi connectivity index (χ1) is 11.7. The van der Waals surface area contributed by atoms with Gasteiger partial charge in [-0.2, -0.15) is 0 Å². The Morgan fingerprint density at radius 3 is 2.33 bits per heavy atom. The third-order valence-corrected chi connectivity index (χ3v) is 3.78. The van der Waals surface area contributed by atoms with E-state index in [0.717, 1.165) is 51.5 Å². The first-order valence-electron chi connectivity index (χ1n) is 8.96. The molecule has 0 fully saturated rings. The first kappa shape index (κ1) is 20.3. The van der Waals surface area contributed by atoms with Gasteiger partial charge in [0.1, 0.15) is 0 Å². The molecule has 136 valence electrons. The molecule has 1 rings (SSSR count). The molecule has 2 N–H and O–H groups in total. The molecular formula is C19H34N4O. The highest BCUT2D eigenvalue weighted by Gasteiger charge is 1.99.